The summed E-state index contributed by atoms with van der Waals surface area (Å²) in [7, 11) is 0. The lowest BCUT2D eigenvalue weighted by atomic mass is 9.46. The molecule has 26 heavy (non-hydrogen) atoms. The smallest absolute Gasteiger partial charge is 0.190 e. The molecular weight excluding hydrogens is 332 g/mol. The molecule has 7 atom stereocenters. The van der Waals surface area contributed by atoms with E-state index in [1.165, 1.54) is 0 Å². The Morgan fingerprint density at radius 1 is 1.31 bits per heavy atom. The number of fused-ring (bicyclic) bond motifs is 5. The van der Waals surface area contributed by atoms with E-state index < -0.39 is 29.5 Å². The zero-order valence-corrected chi connectivity index (χ0v) is 15.4. The highest BCUT2D eigenvalue weighted by Crippen LogP contribution is 2.67. The van der Waals surface area contributed by atoms with E-state index in [-0.39, 0.29) is 29.0 Å². The molecule has 4 rings (SSSR count). The minimum atomic E-state index is -1.56. The maximum Gasteiger partial charge on any atom is 0.190 e. The maximum atomic E-state index is 12.4. The van der Waals surface area contributed by atoms with Crippen LogP contribution >= 0.6 is 0 Å². The van der Waals surface area contributed by atoms with E-state index in [1.807, 2.05) is 13.0 Å². The predicted octanol–water partition coefficient (Wildman–Crippen LogP) is 1.56. The van der Waals surface area contributed by atoms with Gasteiger partial charge in [0.25, 0.3) is 0 Å². The first-order chi connectivity index (χ1) is 12.2. The first-order valence-corrected chi connectivity index (χ1v) is 9.66. The number of carbonyl (C=O) groups is 2. The van der Waals surface area contributed by atoms with Crippen molar-refractivity contribution in [1.29, 1.82) is 0 Å². The lowest BCUT2D eigenvalue weighted by Crippen LogP contribution is -2.61. The van der Waals surface area contributed by atoms with Gasteiger partial charge in [-0.05, 0) is 56.1 Å². The molecule has 2 unspecified atom stereocenters. The number of hydrogen-bond acceptors (Lipinski definition) is 5. The zero-order chi connectivity index (χ0) is 18.9. The van der Waals surface area contributed by atoms with Crippen molar-refractivity contribution in [1.82, 2.24) is 0 Å². The molecule has 3 fully saturated rings. The van der Waals surface area contributed by atoms with Crippen molar-refractivity contribution >= 4 is 11.6 Å². The third kappa shape index (κ3) is 2.08. The Hall–Kier alpha value is -1.30. The van der Waals surface area contributed by atoms with Crippen molar-refractivity contribution in [2.75, 3.05) is 6.61 Å². The van der Waals surface area contributed by atoms with Crippen molar-refractivity contribution in [2.45, 2.75) is 57.7 Å². The summed E-state index contributed by atoms with van der Waals surface area (Å²) < 4.78 is 0. The Bertz CT molecular complexity index is 724. The molecule has 0 aromatic rings. The van der Waals surface area contributed by atoms with Gasteiger partial charge >= 0.3 is 0 Å². The molecule has 0 aromatic carbocycles. The Morgan fingerprint density at radius 3 is 2.73 bits per heavy atom. The fourth-order valence-electron chi connectivity index (χ4n) is 6.92. The van der Waals surface area contributed by atoms with Gasteiger partial charge in [-0.25, -0.2) is 0 Å². The second-order valence-corrected chi connectivity index (χ2v) is 9.19. The summed E-state index contributed by atoms with van der Waals surface area (Å²) in [6.07, 6.45) is 7.68. The van der Waals surface area contributed by atoms with E-state index >= 15 is 0 Å². The van der Waals surface area contributed by atoms with E-state index in [9.17, 15) is 24.9 Å². The Morgan fingerprint density at radius 2 is 2.04 bits per heavy atom. The van der Waals surface area contributed by atoms with Crippen molar-refractivity contribution < 1.29 is 24.9 Å². The largest absolute Gasteiger partial charge is 0.393 e. The van der Waals surface area contributed by atoms with Crippen molar-refractivity contribution in [2.24, 2.45) is 28.6 Å². The van der Waals surface area contributed by atoms with Crippen LogP contribution in [0.1, 0.15) is 46.0 Å². The fraction of sp³-hybridized carbons (Fsp3) is 0.714. The van der Waals surface area contributed by atoms with E-state index in [0.29, 0.717) is 12.8 Å². The van der Waals surface area contributed by atoms with E-state index in [4.69, 9.17) is 0 Å². The molecular formula is C21H28O5. The topological polar surface area (TPSA) is 94.8 Å². The third-order valence-corrected chi connectivity index (χ3v) is 8.25. The Labute approximate surface area is 153 Å². The Kier molecular flexibility index (Phi) is 3.89. The number of carbonyl (C=O) groups excluding carboxylic acids is 2. The molecule has 0 amide bonds. The minimum Gasteiger partial charge on any atom is -0.393 e. The molecule has 0 spiro atoms. The highest BCUT2D eigenvalue weighted by Gasteiger charge is 2.67. The van der Waals surface area contributed by atoms with Crippen LogP contribution in [0, 0.1) is 28.6 Å². The highest BCUT2D eigenvalue weighted by molar-refractivity contribution is 6.01. The number of allylic oxidation sites excluding steroid dienone is 4. The number of ketones is 2. The molecule has 0 aliphatic heterocycles. The van der Waals surface area contributed by atoms with Gasteiger partial charge in [-0.2, -0.15) is 0 Å². The summed E-state index contributed by atoms with van der Waals surface area (Å²) in [6, 6.07) is 0. The molecule has 0 bridgehead atoms. The standard InChI is InChI=1S/C21H28O5/c1-19-7-5-13(23)9-12(19)3-4-14-15-6-8-21(26,17(25)11-22)20(15,2)10-16(24)18(14)19/h5,7,9,14-16,18,22,24,26H,3-4,6,8,10-11H2,1-2H3/t14?,15?,16-,18+,19-,20-,21-/m0/s1. The summed E-state index contributed by atoms with van der Waals surface area (Å²) in [4.78, 5) is 24.2. The molecule has 0 aromatic heterocycles. The Balaban J connectivity index is 1.75. The molecule has 3 N–H and O–H groups in total. The fourth-order valence-corrected chi connectivity index (χ4v) is 6.92. The normalized spacial score (nSPS) is 49.9. The van der Waals surface area contributed by atoms with Gasteiger partial charge in [0.1, 0.15) is 12.2 Å². The van der Waals surface area contributed by atoms with Gasteiger partial charge in [-0.1, -0.05) is 25.5 Å². The lowest BCUT2D eigenvalue weighted by molar-refractivity contribution is -0.178. The number of rotatable bonds is 2. The highest BCUT2D eigenvalue weighted by atomic mass is 16.3. The first-order valence-electron chi connectivity index (χ1n) is 9.66. The lowest BCUT2D eigenvalue weighted by Gasteiger charge is -2.59. The molecule has 4 aliphatic carbocycles. The number of aliphatic hydroxyl groups excluding tert-OH is 2. The summed E-state index contributed by atoms with van der Waals surface area (Å²) in [6.45, 7) is 3.34. The second-order valence-electron chi connectivity index (χ2n) is 9.19. The van der Waals surface area contributed by atoms with Crippen LogP contribution in [0.15, 0.2) is 23.8 Å². The van der Waals surface area contributed by atoms with Crippen LogP contribution in [-0.4, -0.2) is 45.2 Å². The van der Waals surface area contributed by atoms with Crippen LogP contribution in [0.2, 0.25) is 0 Å². The van der Waals surface area contributed by atoms with Gasteiger partial charge in [-0.15, -0.1) is 0 Å². The van der Waals surface area contributed by atoms with Crippen molar-refractivity contribution in [3.05, 3.63) is 23.8 Å². The van der Waals surface area contributed by atoms with Gasteiger partial charge in [-0.3, -0.25) is 9.59 Å². The average molecular weight is 360 g/mol. The van der Waals surface area contributed by atoms with Crippen LogP contribution in [-0.2, 0) is 9.59 Å². The number of Topliss-reactive ketones (excluding diaryl/α,β-unsaturated/α-hetero) is 1. The van der Waals surface area contributed by atoms with Gasteiger partial charge in [0.2, 0.25) is 0 Å². The van der Waals surface area contributed by atoms with Gasteiger partial charge < -0.3 is 15.3 Å². The van der Waals surface area contributed by atoms with Crippen LogP contribution in [0.3, 0.4) is 0 Å². The zero-order valence-electron chi connectivity index (χ0n) is 15.4. The molecule has 5 nitrogen and oxygen atoms in total. The van der Waals surface area contributed by atoms with Gasteiger partial charge in [0.15, 0.2) is 11.6 Å². The number of hydrogen-bond donors (Lipinski definition) is 3. The third-order valence-electron chi connectivity index (χ3n) is 8.25. The molecule has 5 heteroatoms. The first kappa shape index (κ1) is 18.1. The summed E-state index contributed by atoms with van der Waals surface area (Å²) in [5, 5.41) is 31.7. The van der Waals surface area contributed by atoms with Crippen LogP contribution in [0.4, 0.5) is 0 Å². The molecule has 0 saturated heterocycles. The predicted molar refractivity (Wildman–Crippen MR) is 95.0 cm³/mol. The van der Waals surface area contributed by atoms with Gasteiger partial charge in [0.05, 0.1) is 6.10 Å². The van der Waals surface area contributed by atoms with E-state index in [0.717, 1.165) is 24.8 Å². The van der Waals surface area contributed by atoms with Gasteiger partial charge in [0, 0.05) is 16.7 Å². The van der Waals surface area contributed by atoms with E-state index in [1.54, 1.807) is 12.2 Å². The average Bonchev–Trinajstić information content (AvgIpc) is 2.86. The van der Waals surface area contributed by atoms with Crippen LogP contribution < -0.4 is 0 Å². The number of aliphatic hydroxyl groups is 3. The SMILES string of the molecule is C[C@]12C=CC(=O)C=C1CCC1C3CC[C@](O)(C(=O)CO)[C@@]3(C)C[C@H](O)[C@@H]12. The monoisotopic (exact) mass is 360 g/mol. The minimum absolute atomic E-state index is 0.00912. The quantitative estimate of drug-likeness (QED) is 0.695. The van der Waals surface area contributed by atoms with Crippen LogP contribution in [0.25, 0.3) is 0 Å². The molecule has 0 radical (unpaired) electrons. The maximum absolute atomic E-state index is 12.4. The van der Waals surface area contributed by atoms with Crippen LogP contribution in [0.5, 0.6) is 0 Å². The van der Waals surface area contributed by atoms with E-state index in [2.05, 4.69) is 6.92 Å². The van der Waals surface area contributed by atoms with Crippen molar-refractivity contribution in [3.8, 4) is 0 Å². The summed E-state index contributed by atoms with van der Waals surface area (Å²) in [5.74, 6) is -0.227. The molecule has 4 aliphatic rings. The summed E-state index contributed by atoms with van der Waals surface area (Å²) >= 11 is 0. The molecule has 142 valence electrons. The summed E-state index contributed by atoms with van der Waals surface area (Å²) in [5.41, 5.74) is -1.54. The molecule has 3 saturated carbocycles. The molecule has 0 heterocycles. The van der Waals surface area contributed by atoms with Crippen molar-refractivity contribution in [3.63, 3.8) is 0 Å². The second kappa shape index (κ2) is 5.60.